The molecular formula is C13H13N9O. The number of nitrogens with zero attached hydrogens (tertiary/aromatic N) is 8. The van der Waals surface area contributed by atoms with Crippen LogP contribution >= 0.6 is 0 Å². The fourth-order valence-corrected chi connectivity index (χ4v) is 1.88. The van der Waals surface area contributed by atoms with Gasteiger partial charge in [-0.25, -0.2) is 4.63 Å². The number of hydrogen-bond acceptors (Lipinski definition) is 9. The van der Waals surface area contributed by atoms with E-state index in [0.29, 0.717) is 17.1 Å². The van der Waals surface area contributed by atoms with Crippen LogP contribution in [0.2, 0.25) is 0 Å². The third-order valence-corrected chi connectivity index (χ3v) is 3.05. The lowest BCUT2D eigenvalue weighted by atomic mass is 10.2. The normalized spacial score (nSPS) is 12.2. The first-order chi connectivity index (χ1) is 11.2. The van der Waals surface area contributed by atoms with Gasteiger partial charge in [-0.05, 0) is 41.9 Å². The van der Waals surface area contributed by atoms with E-state index in [1.807, 2.05) is 19.1 Å². The minimum absolute atomic E-state index is 0.134. The lowest BCUT2D eigenvalue weighted by Gasteiger charge is -1.98. The van der Waals surface area contributed by atoms with Gasteiger partial charge in [-0.2, -0.15) is 14.9 Å². The minimum atomic E-state index is 0.134. The van der Waals surface area contributed by atoms with Crippen molar-refractivity contribution in [2.45, 2.75) is 13.8 Å². The summed E-state index contributed by atoms with van der Waals surface area (Å²) in [5, 5.41) is 23.4. The molecule has 2 N–H and O–H groups in total. The predicted octanol–water partition coefficient (Wildman–Crippen LogP) is 0.779. The fraction of sp³-hybridized carbons (Fsp3) is 0.154. The Morgan fingerprint density at radius 2 is 2.09 bits per heavy atom. The second kappa shape index (κ2) is 6.13. The Balaban J connectivity index is 1.85. The van der Waals surface area contributed by atoms with Crippen molar-refractivity contribution in [1.29, 1.82) is 0 Å². The van der Waals surface area contributed by atoms with Gasteiger partial charge in [-0.3, -0.25) is 4.98 Å². The second-order valence-electron chi connectivity index (χ2n) is 4.62. The quantitative estimate of drug-likeness (QED) is 0.555. The lowest BCUT2D eigenvalue weighted by molar-refractivity contribution is 0.306. The molecule has 10 heteroatoms. The maximum atomic E-state index is 5.66. The first kappa shape index (κ1) is 14.5. The highest BCUT2D eigenvalue weighted by atomic mass is 16.6. The lowest BCUT2D eigenvalue weighted by Crippen LogP contribution is -2.04. The molecule has 3 rings (SSSR count). The van der Waals surface area contributed by atoms with Gasteiger partial charge in [0.25, 0.3) is 0 Å². The molecule has 0 amide bonds. The van der Waals surface area contributed by atoms with Crippen LogP contribution in [0.15, 0.2) is 39.4 Å². The summed E-state index contributed by atoms with van der Waals surface area (Å²) < 4.78 is 6.00. The number of anilines is 1. The first-order valence-electron chi connectivity index (χ1n) is 6.65. The van der Waals surface area contributed by atoms with Gasteiger partial charge < -0.3 is 5.73 Å². The van der Waals surface area contributed by atoms with E-state index in [0.717, 1.165) is 5.56 Å². The number of nitrogen functional groups attached to an aromatic ring is 1. The molecule has 0 radical (unpaired) electrons. The highest BCUT2D eigenvalue weighted by Crippen LogP contribution is 2.15. The Morgan fingerprint density at radius 1 is 1.30 bits per heavy atom. The van der Waals surface area contributed by atoms with Crippen LogP contribution in [0.3, 0.4) is 0 Å². The molecule has 0 aromatic carbocycles. The molecule has 3 heterocycles. The summed E-state index contributed by atoms with van der Waals surface area (Å²) in [4.78, 5) is 3.93. The molecule has 23 heavy (non-hydrogen) atoms. The Hall–Kier alpha value is -3.43. The van der Waals surface area contributed by atoms with Crippen LogP contribution in [0.1, 0.15) is 23.9 Å². The first-order valence-corrected chi connectivity index (χ1v) is 6.65. The highest BCUT2D eigenvalue weighted by molar-refractivity contribution is 5.98. The van der Waals surface area contributed by atoms with Gasteiger partial charge in [0.2, 0.25) is 11.6 Å². The summed E-state index contributed by atoms with van der Waals surface area (Å²) in [7, 11) is 0. The standard InChI is InChI=1S/C13H13N9O/c1-8(17-16-7-10-3-5-15-6-4-10)11-9(2)22(21-18-11)13-12(14)19-23-20-13/h3-7H,1-2H3,(H2,14,19). The molecule has 0 saturated heterocycles. The molecule has 0 saturated carbocycles. The van der Waals surface area contributed by atoms with E-state index in [-0.39, 0.29) is 11.6 Å². The Labute approximate surface area is 130 Å². The van der Waals surface area contributed by atoms with Crippen LogP contribution < -0.4 is 5.73 Å². The van der Waals surface area contributed by atoms with Gasteiger partial charge in [0, 0.05) is 12.4 Å². The van der Waals surface area contributed by atoms with Crippen molar-refractivity contribution in [1.82, 2.24) is 30.3 Å². The summed E-state index contributed by atoms with van der Waals surface area (Å²) in [6.45, 7) is 3.60. The predicted molar refractivity (Wildman–Crippen MR) is 82.4 cm³/mol. The molecule has 0 atom stereocenters. The summed E-state index contributed by atoms with van der Waals surface area (Å²) in [6, 6.07) is 3.66. The van der Waals surface area contributed by atoms with E-state index < -0.39 is 0 Å². The van der Waals surface area contributed by atoms with E-state index >= 15 is 0 Å². The molecule has 3 aromatic heterocycles. The molecule has 0 aliphatic heterocycles. The van der Waals surface area contributed by atoms with Crippen LogP contribution in [0.5, 0.6) is 0 Å². The average molecular weight is 311 g/mol. The summed E-state index contributed by atoms with van der Waals surface area (Å²) >= 11 is 0. The minimum Gasteiger partial charge on any atom is -0.378 e. The Kier molecular flexibility index (Phi) is 3.87. The zero-order chi connectivity index (χ0) is 16.2. The molecule has 10 nitrogen and oxygen atoms in total. The molecule has 0 unspecified atom stereocenters. The molecule has 0 bridgehead atoms. The molecule has 3 aromatic rings. The van der Waals surface area contributed by atoms with Gasteiger partial charge in [0.15, 0.2) is 0 Å². The van der Waals surface area contributed by atoms with Gasteiger partial charge >= 0.3 is 0 Å². The smallest absolute Gasteiger partial charge is 0.243 e. The van der Waals surface area contributed by atoms with Crippen molar-refractivity contribution >= 4 is 17.7 Å². The third kappa shape index (κ3) is 2.95. The van der Waals surface area contributed by atoms with Crippen molar-refractivity contribution < 1.29 is 4.63 Å². The monoisotopic (exact) mass is 311 g/mol. The van der Waals surface area contributed by atoms with E-state index in [1.54, 1.807) is 25.5 Å². The summed E-state index contributed by atoms with van der Waals surface area (Å²) in [5.74, 6) is 0.421. The van der Waals surface area contributed by atoms with Crippen molar-refractivity contribution in [2.75, 3.05) is 5.73 Å². The summed E-state index contributed by atoms with van der Waals surface area (Å²) in [5.41, 5.74) is 8.45. The van der Waals surface area contributed by atoms with Crippen molar-refractivity contribution in [3.8, 4) is 5.82 Å². The van der Waals surface area contributed by atoms with Crippen LogP contribution in [-0.4, -0.2) is 42.2 Å². The van der Waals surface area contributed by atoms with Crippen molar-refractivity contribution in [2.24, 2.45) is 10.2 Å². The van der Waals surface area contributed by atoms with E-state index in [4.69, 9.17) is 5.73 Å². The molecule has 0 aliphatic carbocycles. The third-order valence-electron chi connectivity index (χ3n) is 3.05. The van der Waals surface area contributed by atoms with Gasteiger partial charge in [0.05, 0.1) is 17.6 Å². The van der Waals surface area contributed by atoms with Crippen LogP contribution in [0.25, 0.3) is 5.82 Å². The molecule has 0 spiro atoms. The van der Waals surface area contributed by atoms with Gasteiger partial charge in [0.1, 0.15) is 5.69 Å². The van der Waals surface area contributed by atoms with Gasteiger partial charge in [-0.1, -0.05) is 5.21 Å². The maximum absolute atomic E-state index is 5.66. The van der Waals surface area contributed by atoms with Crippen molar-refractivity contribution in [3.05, 3.63) is 41.5 Å². The number of nitrogens with two attached hydrogens (primary N) is 1. The van der Waals surface area contributed by atoms with Crippen LogP contribution in [0, 0.1) is 6.92 Å². The Bertz CT molecular complexity index is 863. The van der Waals surface area contributed by atoms with Crippen LogP contribution in [-0.2, 0) is 0 Å². The zero-order valence-electron chi connectivity index (χ0n) is 12.5. The van der Waals surface area contributed by atoms with E-state index in [1.165, 1.54) is 4.68 Å². The molecule has 0 aliphatic rings. The largest absolute Gasteiger partial charge is 0.378 e. The molecular weight excluding hydrogens is 298 g/mol. The number of aromatic nitrogens is 6. The number of pyridine rings is 1. The second-order valence-corrected chi connectivity index (χ2v) is 4.62. The Morgan fingerprint density at radius 3 is 2.78 bits per heavy atom. The van der Waals surface area contributed by atoms with Crippen LogP contribution in [0.4, 0.5) is 5.82 Å². The summed E-state index contributed by atoms with van der Waals surface area (Å²) in [6.07, 6.45) is 5.00. The number of rotatable bonds is 4. The highest BCUT2D eigenvalue weighted by Gasteiger charge is 2.17. The van der Waals surface area contributed by atoms with Gasteiger partial charge in [-0.15, -0.1) is 5.10 Å². The average Bonchev–Trinajstić information content (AvgIpc) is 3.14. The fourth-order valence-electron chi connectivity index (χ4n) is 1.88. The molecule has 116 valence electrons. The zero-order valence-corrected chi connectivity index (χ0v) is 12.5. The topological polar surface area (TPSA) is 133 Å². The van der Waals surface area contributed by atoms with E-state index in [2.05, 4.69) is 40.4 Å². The van der Waals surface area contributed by atoms with Crippen molar-refractivity contribution in [3.63, 3.8) is 0 Å². The number of hydrogen-bond donors (Lipinski definition) is 1. The maximum Gasteiger partial charge on any atom is 0.243 e. The molecule has 0 fully saturated rings. The van der Waals surface area contributed by atoms with E-state index in [9.17, 15) is 0 Å². The SMILES string of the molecule is CC(=NN=Cc1ccncc1)c1nnn(-c2nonc2N)c1C.